The predicted octanol–water partition coefficient (Wildman–Crippen LogP) is 2.90. The van der Waals surface area contributed by atoms with Gasteiger partial charge in [0.2, 0.25) is 5.91 Å². The van der Waals surface area contributed by atoms with Crippen molar-refractivity contribution in [2.45, 2.75) is 17.7 Å². The molecule has 0 spiro atoms. The van der Waals surface area contributed by atoms with Gasteiger partial charge in [-0.2, -0.15) is 0 Å². The molecule has 0 aliphatic heterocycles. The lowest BCUT2D eigenvalue weighted by atomic mass is 10.2. The van der Waals surface area contributed by atoms with E-state index in [0.29, 0.717) is 30.9 Å². The van der Waals surface area contributed by atoms with Crippen LogP contribution in [0, 0.1) is 0 Å². The molecule has 162 valence electrons. The molecule has 0 saturated heterocycles. The molecule has 0 unspecified atom stereocenters. The number of halogens is 1. The van der Waals surface area contributed by atoms with E-state index in [1.54, 1.807) is 48.3 Å². The van der Waals surface area contributed by atoms with Gasteiger partial charge in [0.15, 0.2) is 9.84 Å². The smallest absolute Gasteiger partial charge is 0.251 e. The Hall–Kier alpha value is -2.39. The minimum atomic E-state index is -3.28. The van der Waals surface area contributed by atoms with Crippen LogP contribution in [0.3, 0.4) is 0 Å². The molecule has 0 radical (unpaired) electrons. The van der Waals surface area contributed by atoms with E-state index >= 15 is 0 Å². The molecule has 2 aromatic rings. The zero-order valence-corrected chi connectivity index (χ0v) is 19.3. The summed E-state index contributed by atoms with van der Waals surface area (Å²) in [6.45, 7) is 1.10. The van der Waals surface area contributed by atoms with E-state index in [0.717, 1.165) is 10.7 Å². The van der Waals surface area contributed by atoms with Gasteiger partial charge in [-0.1, -0.05) is 22.0 Å². The molecule has 0 atom stereocenters. The molecular weight excluding hydrogens is 472 g/mol. The summed E-state index contributed by atoms with van der Waals surface area (Å²) in [7, 11) is -1.58. The van der Waals surface area contributed by atoms with E-state index < -0.39 is 9.84 Å². The number of nitrogens with one attached hydrogen (secondary N) is 1. The van der Waals surface area contributed by atoms with Gasteiger partial charge in [-0.05, 0) is 48.9 Å². The molecule has 7 nitrogen and oxygen atoms in total. The summed E-state index contributed by atoms with van der Waals surface area (Å²) in [5.41, 5.74) is 0.538. The first-order chi connectivity index (χ1) is 14.2. The van der Waals surface area contributed by atoms with Crippen molar-refractivity contribution in [3.05, 3.63) is 58.6 Å². The van der Waals surface area contributed by atoms with Crippen LogP contribution in [0.2, 0.25) is 0 Å². The Morgan fingerprint density at radius 2 is 1.83 bits per heavy atom. The second kappa shape index (κ2) is 11.1. The number of amides is 2. The number of carbonyl (C=O) groups excluding carboxylic acids is 2. The second-order valence-electron chi connectivity index (χ2n) is 6.78. The maximum Gasteiger partial charge on any atom is 0.251 e. The van der Waals surface area contributed by atoms with Gasteiger partial charge < -0.3 is 15.0 Å². The van der Waals surface area contributed by atoms with Crippen molar-refractivity contribution < 1.29 is 22.7 Å². The van der Waals surface area contributed by atoms with Crippen LogP contribution >= 0.6 is 15.9 Å². The Bertz CT molecular complexity index is 977. The standard InChI is InChI=1S/C21H25BrN2O5S/c1-24(13-4-14-29-18-5-3-6-19(15-18)30(2,27)28)20(25)11-12-23-21(26)16-7-9-17(22)10-8-16/h3,5-10,15H,4,11-14H2,1-2H3,(H,23,26). The molecular formula is C21H25BrN2O5S. The largest absolute Gasteiger partial charge is 0.493 e. The van der Waals surface area contributed by atoms with Crippen LogP contribution in [0.4, 0.5) is 0 Å². The molecule has 2 amide bonds. The molecule has 2 aromatic carbocycles. The van der Waals surface area contributed by atoms with Crippen LogP contribution < -0.4 is 10.1 Å². The van der Waals surface area contributed by atoms with Crippen LogP contribution in [0.1, 0.15) is 23.2 Å². The van der Waals surface area contributed by atoms with Crippen LogP contribution in [-0.2, 0) is 14.6 Å². The van der Waals surface area contributed by atoms with Gasteiger partial charge in [-0.25, -0.2) is 8.42 Å². The van der Waals surface area contributed by atoms with Gasteiger partial charge in [0.25, 0.3) is 5.91 Å². The summed E-state index contributed by atoms with van der Waals surface area (Å²) in [6, 6.07) is 13.3. The second-order valence-corrected chi connectivity index (χ2v) is 9.71. The highest BCUT2D eigenvalue weighted by Gasteiger charge is 2.11. The molecule has 2 rings (SSSR count). The fraction of sp³-hybridized carbons (Fsp3) is 0.333. The van der Waals surface area contributed by atoms with Crippen LogP contribution in [0.15, 0.2) is 57.9 Å². The predicted molar refractivity (Wildman–Crippen MR) is 118 cm³/mol. The minimum Gasteiger partial charge on any atom is -0.493 e. The summed E-state index contributed by atoms with van der Waals surface area (Å²) in [6.07, 6.45) is 1.95. The summed E-state index contributed by atoms with van der Waals surface area (Å²) in [5, 5.41) is 2.73. The molecule has 0 aliphatic carbocycles. The molecule has 30 heavy (non-hydrogen) atoms. The van der Waals surface area contributed by atoms with Gasteiger partial charge in [0, 0.05) is 42.8 Å². The summed E-state index contributed by atoms with van der Waals surface area (Å²) in [4.78, 5) is 26.0. The number of rotatable bonds is 10. The van der Waals surface area contributed by atoms with Crippen molar-refractivity contribution in [3.63, 3.8) is 0 Å². The van der Waals surface area contributed by atoms with Gasteiger partial charge in [0.05, 0.1) is 11.5 Å². The number of hydrogen-bond acceptors (Lipinski definition) is 5. The Kier molecular flexibility index (Phi) is 8.86. The van der Waals surface area contributed by atoms with Crippen molar-refractivity contribution in [2.24, 2.45) is 0 Å². The highest BCUT2D eigenvalue weighted by atomic mass is 79.9. The topological polar surface area (TPSA) is 92.8 Å². The fourth-order valence-corrected chi connectivity index (χ4v) is 3.51. The number of ether oxygens (including phenoxy) is 1. The Morgan fingerprint density at radius 3 is 2.50 bits per heavy atom. The van der Waals surface area contributed by atoms with E-state index in [4.69, 9.17) is 4.74 Å². The minimum absolute atomic E-state index is 0.0785. The third-order valence-electron chi connectivity index (χ3n) is 4.30. The van der Waals surface area contributed by atoms with E-state index in [2.05, 4.69) is 21.2 Å². The number of sulfone groups is 1. The lowest BCUT2D eigenvalue weighted by Gasteiger charge is -2.17. The highest BCUT2D eigenvalue weighted by Crippen LogP contribution is 2.17. The summed E-state index contributed by atoms with van der Waals surface area (Å²) in [5.74, 6) is 0.176. The van der Waals surface area contributed by atoms with E-state index in [1.165, 1.54) is 12.1 Å². The number of carbonyl (C=O) groups is 2. The zero-order chi connectivity index (χ0) is 22.1. The van der Waals surface area contributed by atoms with Gasteiger partial charge in [-0.3, -0.25) is 9.59 Å². The van der Waals surface area contributed by atoms with Crippen molar-refractivity contribution in [3.8, 4) is 5.75 Å². The Labute approximate surface area is 185 Å². The Morgan fingerprint density at radius 1 is 1.13 bits per heavy atom. The highest BCUT2D eigenvalue weighted by molar-refractivity contribution is 9.10. The fourth-order valence-electron chi connectivity index (χ4n) is 2.59. The van der Waals surface area contributed by atoms with E-state index in [1.807, 2.05) is 0 Å². The van der Waals surface area contributed by atoms with Crippen LogP contribution in [-0.4, -0.2) is 58.1 Å². The van der Waals surface area contributed by atoms with E-state index in [-0.39, 0.29) is 29.7 Å². The normalized spacial score (nSPS) is 11.0. The van der Waals surface area contributed by atoms with Gasteiger partial charge in [0.1, 0.15) is 5.75 Å². The van der Waals surface area contributed by atoms with Crippen molar-refractivity contribution in [2.75, 3.05) is 33.0 Å². The maximum atomic E-state index is 12.2. The first-order valence-corrected chi connectivity index (χ1v) is 12.1. The zero-order valence-electron chi connectivity index (χ0n) is 16.9. The van der Waals surface area contributed by atoms with Crippen LogP contribution in [0.5, 0.6) is 5.75 Å². The van der Waals surface area contributed by atoms with Crippen LogP contribution in [0.25, 0.3) is 0 Å². The SMILES string of the molecule is CN(CCCOc1cccc(S(C)(=O)=O)c1)C(=O)CCNC(=O)c1ccc(Br)cc1. The molecule has 0 bridgehead atoms. The van der Waals surface area contributed by atoms with Crippen molar-refractivity contribution in [1.82, 2.24) is 10.2 Å². The number of benzene rings is 2. The Balaban J connectivity index is 1.67. The maximum absolute atomic E-state index is 12.2. The first kappa shape index (κ1) is 23.9. The molecule has 1 N–H and O–H groups in total. The van der Waals surface area contributed by atoms with Crippen molar-refractivity contribution >= 4 is 37.6 Å². The average molecular weight is 497 g/mol. The molecule has 0 saturated carbocycles. The first-order valence-electron chi connectivity index (χ1n) is 9.37. The lowest BCUT2D eigenvalue weighted by Crippen LogP contribution is -2.33. The van der Waals surface area contributed by atoms with E-state index in [9.17, 15) is 18.0 Å². The number of hydrogen-bond donors (Lipinski definition) is 1. The summed E-state index contributed by atoms with van der Waals surface area (Å²) < 4.78 is 29.6. The molecule has 9 heteroatoms. The quantitative estimate of drug-likeness (QED) is 0.510. The molecule has 0 aliphatic rings. The average Bonchev–Trinajstić information content (AvgIpc) is 2.71. The number of nitrogens with zero attached hydrogens (tertiary/aromatic N) is 1. The lowest BCUT2D eigenvalue weighted by molar-refractivity contribution is -0.129. The molecule has 0 aromatic heterocycles. The monoisotopic (exact) mass is 496 g/mol. The van der Waals surface area contributed by atoms with Crippen molar-refractivity contribution in [1.29, 1.82) is 0 Å². The van der Waals surface area contributed by atoms with Gasteiger partial charge >= 0.3 is 0 Å². The third-order valence-corrected chi connectivity index (χ3v) is 5.94. The molecule has 0 heterocycles. The third kappa shape index (κ3) is 7.79. The summed E-state index contributed by atoms with van der Waals surface area (Å²) >= 11 is 3.32. The molecule has 0 fully saturated rings. The van der Waals surface area contributed by atoms with Gasteiger partial charge in [-0.15, -0.1) is 0 Å².